The van der Waals surface area contributed by atoms with E-state index in [1.54, 1.807) is 6.20 Å². The van der Waals surface area contributed by atoms with Gasteiger partial charge in [0.05, 0.1) is 28.1 Å². The zero-order chi connectivity index (χ0) is 13.1. The van der Waals surface area contributed by atoms with E-state index in [1.165, 1.54) is 0 Å². The average molecular weight is 312 g/mol. The molecule has 6 heteroatoms. The Morgan fingerprint density at radius 1 is 1.33 bits per heavy atom. The van der Waals surface area contributed by atoms with E-state index in [0.29, 0.717) is 13.1 Å². The Morgan fingerprint density at radius 3 is 2.72 bits per heavy atom. The quantitative estimate of drug-likeness (QED) is 0.917. The van der Waals surface area contributed by atoms with Crippen molar-refractivity contribution < 1.29 is 0 Å². The first kappa shape index (κ1) is 13.3. The summed E-state index contributed by atoms with van der Waals surface area (Å²) in [6.07, 6.45) is 2.70. The van der Waals surface area contributed by atoms with Gasteiger partial charge in [0.25, 0.3) is 0 Å². The molecule has 0 spiro atoms. The highest BCUT2D eigenvalue weighted by Gasteiger charge is 2.15. The maximum Gasteiger partial charge on any atom is 0.0843 e. The number of halogens is 1. The van der Waals surface area contributed by atoms with Crippen LogP contribution in [0.25, 0.3) is 0 Å². The molecule has 0 aromatic carbocycles. The van der Waals surface area contributed by atoms with Gasteiger partial charge in [0.2, 0.25) is 0 Å². The van der Waals surface area contributed by atoms with Gasteiger partial charge in [0.1, 0.15) is 0 Å². The number of hydrogen-bond donors (Lipinski definition) is 1. The average Bonchev–Trinajstić information content (AvgIpc) is 2.95. The minimum absolute atomic E-state index is 0.499. The Hall–Kier alpha value is -1.14. The topological polar surface area (TPSA) is 61.7 Å². The number of rotatable bonds is 5. The lowest BCUT2D eigenvalue weighted by molar-refractivity contribution is 0.560. The minimum atomic E-state index is 0.499. The van der Waals surface area contributed by atoms with E-state index in [9.17, 15) is 0 Å². The predicted octanol–water partition coefficient (Wildman–Crippen LogP) is 1.93. The van der Waals surface area contributed by atoms with Gasteiger partial charge in [-0.25, -0.2) is 0 Å². The molecular formula is C12H18BrN5. The second kappa shape index (κ2) is 5.67. The van der Waals surface area contributed by atoms with Crippen LogP contribution in [0, 0.1) is 0 Å². The molecule has 2 heterocycles. The minimum Gasteiger partial charge on any atom is -0.325 e. The molecule has 0 aliphatic heterocycles. The van der Waals surface area contributed by atoms with Crippen LogP contribution in [0.15, 0.2) is 16.7 Å². The van der Waals surface area contributed by atoms with Gasteiger partial charge < -0.3 is 5.73 Å². The summed E-state index contributed by atoms with van der Waals surface area (Å²) in [7, 11) is 0. The number of aryl methyl sites for hydroxylation is 2. The zero-order valence-electron chi connectivity index (χ0n) is 10.7. The molecule has 0 aliphatic rings. The van der Waals surface area contributed by atoms with E-state index >= 15 is 0 Å². The van der Waals surface area contributed by atoms with Crippen LogP contribution in [0.4, 0.5) is 0 Å². The second-order valence-electron chi connectivity index (χ2n) is 4.06. The third kappa shape index (κ3) is 2.35. The second-order valence-corrected chi connectivity index (χ2v) is 4.85. The molecule has 0 fully saturated rings. The lowest BCUT2D eigenvalue weighted by atomic mass is 10.3. The first-order chi connectivity index (χ1) is 8.71. The van der Waals surface area contributed by atoms with Gasteiger partial charge in [-0.3, -0.25) is 9.36 Å². The van der Waals surface area contributed by atoms with Gasteiger partial charge in [0, 0.05) is 19.3 Å². The summed E-state index contributed by atoms with van der Waals surface area (Å²) in [4.78, 5) is 0. The van der Waals surface area contributed by atoms with Crippen LogP contribution in [0.3, 0.4) is 0 Å². The Bertz CT molecular complexity index is 529. The largest absolute Gasteiger partial charge is 0.325 e. The van der Waals surface area contributed by atoms with Crippen molar-refractivity contribution in [2.45, 2.75) is 39.9 Å². The van der Waals surface area contributed by atoms with Crippen molar-refractivity contribution in [2.24, 2.45) is 5.73 Å². The smallest absolute Gasteiger partial charge is 0.0843 e. The normalized spacial score (nSPS) is 11.1. The monoisotopic (exact) mass is 311 g/mol. The van der Waals surface area contributed by atoms with Crippen LogP contribution in [0.2, 0.25) is 0 Å². The Balaban J connectivity index is 2.36. The predicted molar refractivity (Wildman–Crippen MR) is 74.2 cm³/mol. The van der Waals surface area contributed by atoms with Gasteiger partial charge in [-0.2, -0.15) is 10.2 Å². The maximum absolute atomic E-state index is 5.69. The van der Waals surface area contributed by atoms with Crippen molar-refractivity contribution >= 4 is 15.9 Å². The van der Waals surface area contributed by atoms with Crippen LogP contribution in [0.5, 0.6) is 0 Å². The molecule has 0 saturated heterocycles. The number of hydrogen-bond acceptors (Lipinski definition) is 3. The van der Waals surface area contributed by atoms with Crippen LogP contribution in [0.1, 0.15) is 30.9 Å². The van der Waals surface area contributed by atoms with Crippen molar-refractivity contribution in [3.8, 4) is 0 Å². The Kier molecular flexibility index (Phi) is 4.19. The molecule has 18 heavy (non-hydrogen) atoms. The molecule has 0 radical (unpaired) electrons. The lowest BCUT2D eigenvalue weighted by Crippen LogP contribution is -2.13. The molecular weight excluding hydrogens is 294 g/mol. The van der Waals surface area contributed by atoms with Crippen molar-refractivity contribution in [2.75, 3.05) is 0 Å². The SMILES string of the molecule is CCc1nn(CC)c(Cn2nccc2CN)c1Br. The van der Waals surface area contributed by atoms with Crippen molar-refractivity contribution in [3.05, 3.63) is 33.8 Å². The maximum atomic E-state index is 5.69. The summed E-state index contributed by atoms with van der Waals surface area (Å²) in [5.41, 5.74) is 8.96. The number of aromatic nitrogens is 4. The van der Waals surface area contributed by atoms with Gasteiger partial charge >= 0.3 is 0 Å². The molecule has 0 aliphatic carbocycles. The molecule has 0 saturated carbocycles. The number of nitrogens with zero attached hydrogens (tertiary/aromatic N) is 4. The highest BCUT2D eigenvalue weighted by Crippen LogP contribution is 2.23. The third-order valence-electron chi connectivity index (χ3n) is 3.01. The standard InChI is InChI=1S/C12H18BrN5/c1-3-10-12(13)11(17(4-2)16-10)8-18-9(7-14)5-6-15-18/h5-6H,3-4,7-8,14H2,1-2H3. The third-order valence-corrected chi connectivity index (χ3v) is 3.92. The van der Waals surface area contributed by atoms with Crippen LogP contribution in [-0.2, 0) is 26.1 Å². The van der Waals surface area contributed by atoms with Crippen LogP contribution >= 0.6 is 15.9 Å². The Labute approximate surface area is 115 Å². The molecule has 2 rings (SSSR count). The van der Waals surface area contributed by atoms with E-state index in [-0.39, 0.29) is 0 Å². The first-order valence-electron chi connectivity index (χ1n) is 6.16. The molecule has 0 atom stereocenters. The Morgan fingerprint density at radius 2 is 2.11 bits per heavy atom. The van der Waals surface area contributed by atoms with Crippen LogP contribution in [-0.4, -0.2) is 19.6 Å². The summed E-state index contributed by atoms with van der Waals surface area (Å²) in [6, 6.07) is 1.95. The van der Waals surface area contributed by atoms with Crippen molar-refractivity contribution in [1.82, 2.24) is 19.6 Å². The summed E-state index contributed by atoms with van der Waals surface area (Å²) in [5, 5.41) is 8.89. The fourth-order valence-corrected chi connectivity index (χ4v) is 2.68. The lowest BCUT2D eigenvalue weighted by Gasteiger charge is -2.08. The zero-order valence-corrected chi connectivity index (χ0v) is 12.3. The fourth-order valence-electron chi connectivity index (χ4n) is 1.99. The number of nitrogens with two attached hydrogens (primary N) is 1. The summed E-state index contributed by atoms with van der Waals surface area (Å²) in [5.74, 6) is 0. The summed E-state index contributed by atoms with van der Waals surface area (Å²) < 4.78 is 5.03. The van der Waals surface area contributed by atoms with E-state index in [0.717, 1.165) is 34.5 Å². The van der Waals surface area contributed by atoms with E-state index in [4.69, 9.17) is 5.73 Å². The molecule has 98 valence electrons. The fraction of sp³-hybridized carbons (Fsp3) is 0.500. The van der Waals surface area contributed by atoms with Gasteiger partial charge in [-0.1, -0.05) is 6.92 Å². The molecule has 2 N–H and O–H groups in total. The molecule has 0 bridgehead atoms. The summed E-state index contributed by atoms with van der Waals surface area (Å²) >= 11 is 3.64. The molecule has 2 aromatic heterocycles. The van der Waals surface area contributed by atoms with E-state index < -0.39 is 0 Å². The van der Waals surface area contributed by atoms with Gasteiger partial charge in [-0.05, 0) is 35.3 Å². The van der Waals surface area contributed by atoms with Crippen molar-refractivity contribution in [1.29, 1.82) is 0 Å². The molecule has 0 amide bonds. The molecule has 5 nitrogen and oxygen atoms in total. The highest BCUT2D eigenvalue weighted by atomic mass is 79.9. The molecule has 0 unspecified atom stereocenters. The first-order valence-corrected chi connectivity index (χ1v) is 6.95. The van der Waals surface area contributed by atoms with Crippen molar-refractivity contribution in [3.63, 3.8) is 0 Å². The highest BCUT2D eigenvalue weighted by molar-refractivity contribution is 9.10. The van der Waals surface area contributed by atoms with E-state index in [1.807, 2.05) is 15.4 Å². The van der Waals surface area contributed by atoms with Crippen LogP contribution < -0.4 is 5.73 Å². The van der Waals surface area contributed by atoms with Gasteiger partial charge in [-0.15, -0.1) is 0 Å². The van der Waals surface area contributed by atoms with Gasteiger partial charge in [0.15, 0.2) is 0 Å². The summed E-state index contributed by atoms with van der Waals surface area (Å²) in [6.45, 7) is 6.25. The molecule has 2 aromatic rings. The van der Waals surface area contributed by atoms with E-state index in [2.05, 4.69) is 40.0 Å².